The summed E-state index contributed by atoms with van der Waals surface area (Å²) in [4.78, 5) is 133. The minimum atomic E-state index is -1.44. The zero-order chi connectivity index (χ0) is 60.1. The molecule has 6 aromatic rings. The molecule has 3 aromatic heterocycles. The molecule has 7 rings (SSSR count). The predicted octanol–water partition coefficient (Wildman–Crippen LogP) is 3.56. The number of fused-ring (bicyclic) bond motifs is 2. The number of aromatic nitrogens is 4. The number of para-hydroxylation sites is 2. The number of pyridine rings is 2. The molecule has 8 amide bonds. The Balaban J connectivity index is 1.16. The van der Waals surface area contributed by atoms with Crippen molar-refractivity contribution in [1.29, 1.82) is 0 Å². The maximum atomic E-state index is 15.1. The third-order valence-corrected chi connectivity index (χ3v) is 16.7. The van der Waals surface area contributed by atoms with E-state index >= 15 is 4.79 Å². The molecule has 1 saturated heterocycles. The minimum Gasteiger partial charge on any atom is -0.354 e. The van der Waals surface area contributed by atoms with E-state index in [1.807, 2.05) is 92.7 Å². The highest BCUT2D eigenvalue weighted by Gasteiger charge is 2.40. The summed E-state index contributed by atoms with van der Waals surface area (Å²) in [6.07, 6.45) is 5.58. The predicted molar refractivity (Wildman–Crippen MR) is 326 cm³/mol. The molecule has 24 heteroatoms. The van der Waals surface area contributed by atoms with E-state index < -0.39 is 83.5 Å². The van der Waals surface area contributed by atoms with Crippen LogP contribution < -0.4 is 48.7 Å². The molecule has 12 N–H and O–H groups in total. The van der Waals surface area contributed by atoms with Gasteiger partial charge in [0.2, 0.25) is 35.4 Å². The summed E-state index contributed by atoms with van der Waals surface area (Å²) in [6, 6.07) is 20.4. The molecule has 1 fully saturated rings. The smallest absolute Gasteiger partial charge is 0.253 e. The number of amides is 8. The summed E-state index contributed by atoms with van der Waals surface area (Å²) in [7, 11) is 2.26. The first-order valence-electron chi connectivity index (χ1n) is 28.5. The Morgan fingerprint density at radius 3 is 1.77 bits per heavy atom. The first kappa shape index (κ1) is 63.6. The van der Waals surface area contributed by atoms with Crippen molar-refractivity contribution in [2.75, 3.05) is 44.2 Å². The normalized spacial score (nSPS) is 14.9. The molecule has 0 aliphatic carbocycles. The average molecular weight is 1190 g/mol. The average Bonchev–Trinajstić information content (AvgIpc) is 4.27. The Morgan fingerprint density at radius 1 is 0.655 bits per heavy atom. The number of rotatable bonds is 30. The van der Waals surface area contributed by atoms with Crippen LogP contribution in [-0.2, 0) is 48.0 Å². The van der Waals surface area contributed by atoms with Crippen LogP contribution in [0.3, 0.4) is 0 Å². The zero-order valence-electron chi connectivity index (χ0n) is 47.8. The van der Waals surface area contributed by atoms with E-state index in [0.717, 1.165) is 27.2 Å². The molecule has 22 nitrogen and oxygen atoms in total. The Morgan fingerprint density at radius 2 is 1.21 bits per heavy atom. The van der Waals surface area contributed by atoms with E-state index in [0.29, 0.717) is 97.9 Å². The van der Waals surface area contributed by atoms with Crippen LogP contribution in [-0.4, -0.2) is 147 Å². The lowest BCUT2D eigenvalue weighted by molar-refractivity contribution is -0.140. The van der Waals surface area contributed by atoms with Crippen molar-refractivity contribution < 1.29 is 38.4 Å². The maximum absolute atomic E-state index is 15.1. The SMILES string of the molecule is CCc1nc2ccccc2cc1C(=O)N[C@@H](CSSC[C@H](NC(=O)c1cc2ccccc2nc1CC)C(=O)N1CCC[C@H]1C(=O)N[C@@H](Cc1ccccc1)C(=O)NCCCN)C(=O)N[C@H](C(=O)N[C@H](C(=O)NCCCN)C(C)C)c1c[nH]cn1. The second kappa shape index (κ2) is 31.7. The Labute approximate surface area is 496 Å². The minimum absolute atomic E-state index is 0.0815. The third-order valence-electron chi connectivity index (χ3n) is 14.3. The summed E-state index contributed by atoms with van der Waals surface area (Å²) in [6.45, 7) is 8.79. The fourth-order valence-electron chi connectivity index (χ4n) is 9.71. The number of hydrogen-bond donors (Lipinski definition) is 10. The first-order valence-corrected chi connectivity index (χ1v) is 31.0. The van der Waals surface area contributed by atoms with Crippen LogP contribution in [0.5, 0.6) is 0 Å². The molecule has 6 atom stereocenters. The largest absolute Gasteiger partial charge is 0.354 e. The van der Waals surface area contributed by atoms with Crippen molar-refractivity contribution in [2.45, 2.75) is 109 Å². The van der Waals surface area contributed by atoms with Crippen molar-refractivity contribution in [1.82, 2.24) is 62.1 Å². The number of nitrogens with two attached hydrogens (primary N) is 2. The van der Waals surface area contributed by atoms with Crippen molar-refractivity contribution in [3.8, 4) is 0 Å². The van der Waals surface area contributed by atoms with Gasteiger partial charge in [0.1, 0.15) is 30.2 Å². The lowest BCUT2D eigenvalue weighted by Crippen LogP contribution is -2.57. The van der Waals surface area contributed by atoms with E-state index in [1.165, 1.54) is 17.4 Å². The van der Waals surface area contributed by atoms with E-state index in [1.54, 1.807) is 26.0 Å². The molecule has 0 saturated carbocycles. The van der Waals surface area contributed by atoms with Gasteiger partial charge in [-0.05, 0) is 87.4 Å². The molecular formula is C60H76N14O8S2. The van der Waals surface area contributed by atoms with E-state index in [4.69, 9.17) is 21.4 Å². The van der Waals surface area contributed by atoms with Crippen LogP contribution in [0.4, 0.5) is 0 Å². The number of benzene rings is 3. The van der Waals surface area contributed by atoms with E-state index in [9.17, 15) is 33.6 Å². The standard InChI is InChI=1S/C60H76N14O8S2/c1-5-42-40(30-38-19-10-12-21-44(38)67-42)53(75)70-48(56(78)73-52(47-32-63-35-66-47)59(81)72-51(36(3)4)58(80)65-27-16-25-62)33-83-84-34-49(71-54(76)41-31-39-20-11-13-22-45(39)68-43(41)6-2)60(82)74-28-14-23-50(74)57(79)69-46(55(77)64-26-15-24-61)29-37-17-8-7-9-18-37/h7-13,17-22,30-32,35-36,46,48-52H,5-6,14-16,23-29,33-34,61-62H2,1-4H3,(H,63,66)(H,64,77)(H,65,80)(H,69,79)(H,70,75)(H,71,76)(H,72,81)(H,73,78)/t46-,48-,49-,50-,51-,52-/m0/s1. The van der Waals surface area contributed by atoms with Gasteiger partial charge < -0.3 is 58.6 Å². The van der Waals surface area contributed by atoms with Crippen LogP contribution >= 0.6 is 21.6 Å². The van der Waals surface area contributed by atoms with Gasteiger partial charge in [0.15, 0.2) is 6.04 Å². The van der Waals surface area contributed by atoms with Gasteiger partial charge in [-0.3, -0.25) is 48.3 Å². The van der Waals surface area contributed by atoms with Gasteiger partial charge in [0.25, 0.3) is 11.8 Å². The van der Waals surface area contributed by atoms with Gasteiger partial charge in [-0.1, -0.05) is 116 Å². The topological polar surface area (TPSA) is 331 Å². The van der Waals surface area contributed by atoms with Gasteiger partial charge in [0.05, 0.1) is 45.6 Å². The number of likely N-dealkylation sites (tertiary alicyclic amines) is 1. The molecule has 4 heterocycles. The van der Waals surface area contributed by atoms with Crippen LogP contribution in [0.1, 0.15) is 103 Å². The molecule has 84 heavy (non-hydrogen) atoms. The lowest BCUT2D eigenvalue weighted by atomic mass is 10.0. The summed E-state index contributed by atoms with van der Waals surface area (Å²) >= 11 is 0. The number of carbonyl (C=O) groups excluding carboxylic acids is 8. The van der Waals surface area contributed by atoms with Crippen LogP contribution in [0.25, 0.3) is 21.8 Å². The molecule has 1 aliphatic rings. The maximum Gasteiger partial charge on any atom is 0.253 e. The fourth-order valence-corrected chi connectivity index (χ4v) is 12.0. The number of nitrogens with one attached hydrogen (secondary N) is 8. The molecular weight excluding hydrogens is 1110 g/mol. The first-order chi connectivity index (χ1) is 40.6. The Bertz CT molecular complexity index is 3240. The number of hydrogen-bond acceptors (Lipinski definition) is 15. The molecule has 0 spiro atoms. The molecule has 0 unspecified atom stereocenters. The van der Waals surface area contributed by atoms with Crippen molar-refractivity contribution in [2.24, 2.45) is 17.4 Å². The fraction of sp³-hybridized carbons (Fsp3) is 0.417. The van der Waals surface area contributed by atoms with Crippen LogP contribution in [0.15, 0.2) is 104 Å². The Kier molecular flexibility index (Phi) is 24.0. The molecule has 0 radical (unpaired) electrons. The number of nitrogens with zero attached hydrogens (tertiary/aromatic N) is 4. The van der Waals surface area contributed by atoms with Crippen molar-refractivity contribution in [3.05, 3.63) is 137 Å². The highest BCUT2D eigenvalue weighted by molar-refractivity contribution is 8.76. The quantitative estimate of drug-likeness (QED) is 0.0228. The Hall–Kier alpha value is -7.93. The highest BCUT2D eigenvalue weighted by Crippen LogP contribution is 2.28. The second-order valence-electron chi connectivity index (χ2n) is 20.7. The van der Waals surface area contributed by atoms with Crippen molar-refractivity contribution >= 4 is 90.7 Å². The number of aromatic amines is 1. The van der Waals surface area contributed by atoms with Gasteiger partial charge in [-0.15, -0.1) is 0 Å². The number of H-pyrrole nitrogens is 1. The lowest BCUT2D eigenvalue weighted by Gasteiger charge is -2.30. The summed E-state index contributed by atoms with van der Waals surface area (Å²) in [5, 5.41) is 21.4. The van der Waals surface area contributed by atoms with Gasteiger partial charge in [0, 0.05) is 54.5 Å². The molecule has 1 aliphatic heterocycles. The zero-order valence-corrected chi connectivity index (χ0v) is 49.4. The third kappa shape index (κ3) is 17.1. The van der Waals surface area contributed by atoms with Crippen LogP contribution in [0.2, 0.25) is 0 Å². The van der Waals surface area contributed by atoms with Gasteiger partial charge in [-0.2, -0.15) is 0 Å². The van der Waals surface area contributed by atoms with E-state index in [-0.39, 0.29) is 47.2 Å². The van der Waals surface area contributed by atoms with E-state index in [2.05, 4.69) is 47.2 Å². The second-order valence-corrected chi connectivity index (χ2v) is 23.2. The van der Waals surface area contributed by atoms with Gasteiger partial charge >= 0.3 is 0 Å². The monoisotopic (exact) mass is 1180 g/mol. The molecule has 446 valence electrons. The summed E-state index contributed by atoms with van der Waals surface area (Å²) < 4.78 is 0. The number of imidazole rings is 1. The van der Waals surface area contributed by atoms with Crippen molar-refractivity contribution in [3.63, 3.8) is 0 Å². The highest BCUT2D eigenvalue weighted by atomic mass is 33.1. The molecule has 3 aromatic carbocycles. The number of aryl methyl sites for hydroxylation is 2. The van der Waals surface area contributed by atoms with Crippen LogP contribution in [0, 0.1) is 5.92 Å². The van der Waals surface area contributed by atoms with Gasteiger partial charge in [-0.25, -0.2) is 4.98 Å². The summed E-state index contributed by atoms with van der Waals surface area (Å²) in [5.41, 5.74) is 15.2. The summed E-state index contributed by atoms with van der Waals surface area (Å²) in [5.74, 6) is -5.18. The number of carbonyl (C=O) groups is 8. The molecule has 0 bridgehead atoms.